The number of hydrogen-bond donors (Lipinski definition) is 0. The second-order valence-electron chi connectivity index (χ2n) is 28.0. The monoisotopic (exact) mass is 1170 g/mol. The van der Waals surface area contributed by atoms with E-state index in [1.807, 2.05) is 72.8 Å². The quantitative estimate of drug-likeness (QED) is 0.141. The van der Waals surface area contributed by atoms with Gasteiger partial charge in [-0.25, -0.2) is 19.8 Å². The topological polar surface area (TPSA) is 100 Å². The summed E-state index contributed by atoms with van der Waals surface area (Å²) in [5.41, 5.74) is 20.5. The maximum Gasteiger partial charge on any atom is 0.187 e. The largest absolute Gasteiger partial charge is 0.309 e. The van der Waals surface area contributed by atoms with Crippen LogP contribution in [0.5, 0.6) is 0 Å². The second-order valence-corrected chi connectivity index (χ2v) is 28.0. The number of aromatic nitrogens is 5. The first-order valence-electron chi connectivity index (χ1n) is 30.8. The van der Waals surface area contributed by atoms with Gasteiger partial charge in [0.2, 0.25) is 0 Å². The van der Waals surface area contributed by atoms with Crippen LogP contribution in [0.4, 0.5) is 5.69 Å². The van der Waals surface area contributed by atoms with Crippen molar-refractivity contribution in [2.24, 2.45) is 0 Å². The highest BCUT2D eigenvalue weighted by Crippen LogP contribution is 2.45. The SMILES string of the molecule is [C-]#[N+]c1cccc(-c2cc(-c3nc(-c4ccc(-c5ccc(C#N)cc5)cc4)nc(-c4ccc(-n5c6ccc(C(C)(C)C)cc6c6cc(C(C)(C)C)ccc65)c(-c5cccc(C#N)c5)c4)n3)ccc2-n2c3ccc(C(C)(C)C)cc3c3cc(C(C)(C)C)ccc32)c1. The summed E-state index contributed by atoms with van der Waals surface area (Å²) >= 11 is 0. The Bertz CT molecular complexity index is 4760. The van der Waals surface area contributed by atoms with Crippen molar-refractivity contribution in [3.05, 3.63) is 251 Å². The molecular weight excluding hydrogens is 1100 g/mol. The van der Waals surface area contributed by atoms with Crippen molar-refractivity contribution < 1.29 is 0 Å². The first kappa shape index (κ1) is 58.3. The maximum atomic E-state index is 10.4. The molecule has 0 aliphatic rings. The van der Waals surface area contributed by atoms with Crippen LogP contribution in [0, 0.1) is 29.2 Å². The van der Waals surface area contributed by atoms with E-state index in [2.05, 4.69) is 243 Å². The minimum absolute atomic E-state index is 0.0709. The van der Waals surface area contributed by atoms with Crippen molar-refractivity contribution >= 4 is 49.3 Å². The molecule has 0 aliphatic carbocycles. The lowest BCUT2D eigenvalue weighted by molar-refractivity contribution is 0.590. The Morgan fingerprint density at radius 3 is 1.06 bits per heavy atom. The molecule has 13 rings (SSSR count). The highest BCUT2D eigenvalue weighted by Gasteiger charge is 2.26. The molecule has 0 saturated carbocycles. The molecule has 0 fully saturated rings. The van der Waals surface area contributed by atoms with E-state index in [9.17, 15) is 10.5 Å². The third-order valence-corrected chi connectivity index (χ3v) is 17.7. The number of nitrogens with zero attached hydrogens (tertiary/aromatic N) is 8. The molecule has 3 heterocycles. The van der Waals surface area contributed by atoms with Gasteiger partial charge >= 0.3 is 0 Å². The van der Waals surface area contributed by atoms with Crippen LogP contribution in [-0.4, -0.2) is 24.1 Å². The van der Waals surface area contributed by atoms with Crippen LogP contribution in [0.3, 0.4) is 0 Å². The molecule has 90 heavy (non-hydrogen) atoms. The van der Waals surface area contributed by atoms with E-state index in [0.717, 1.165) is 83.5 Å². The Balaban J connectivity index is 1.05. The summed E-state index contributed by atoms with van der Waals surface area (Å²) in [7, 11) is 0. The molecule has 8 heteroatoms. The first-order valence-corrected chi connectivity index (χ1v) is 30.8. The fourth-order valence-corrected chi connectivity index (χ4v) is 12.4. The van der Waals surface area contributed by atoms with Crippen LogP contribution in [0.15, 0.2) is 206 Å². The zero-order valence-electron chi connectivity index (χ0n) is 53.2. The molecule has 0 N–H and O–H groups in total. The molecule has 0 spiro atoms. The highest BCUT2D eigenvalue weighted by atomic mass is 15.0. The zero-order chi connectivity index (χ0) is 63.2. The van der Waals surface area contributed by atoms with Crippen molar-refractivity contribution in [3.63, 3.8) is 0 Å². The second kappa shape index (κ2) is 21.8. The number of nitriles is 2. The smallest absolute Gasteiger partial charge is 0.187 e. The fourth-order valence-electron chi connectivity index (χ4n) is 12.4. The molecule has 13 aromatic rings. The van der Waals surface area contributed by atoms with E-state index in [1.54, 1.807) is 0 Å². The van der Waals surface area contributed by atoms with E-state index < -0.39 is 0 Å². The predicted molar refractivity (Wildman–Crippen MR) is 372 cm³/mol. The third kappa shape index (κ3) is 10.7. The number of rotatable bonds is 8. The normalized spacial score (nSPS) is 12.2. The van der Waals surface area contributed by atoms with Crippen LogP contribution < -0.4 is 0 Å². The van der Waals surface area contributed by atoms with Gasteiger partial charge in [-0.3, -0.25) is 0 Å². The van der Waals surface area contributed by atoms with E-state index in [1.165, 1.54) is 43.8 Å². The Hall–Kier alpha value is -10.7. The molecule has 0 amide bonds. The number of benzene rings is 10. The molecule has 438 valence electrons. The van der Waals surface area contributed by atoms with E-state index in [0.29, 0.717) is 34.3 Å². The van der Waals surface area contributed by atoms with Gasteiger partial charge in [0.25, 0.3) is 0 Å². The van der Waals surface area contributed by atoms with Gasteiger partial charge in [-0.15, -0.1) is 0 Å². The van der Waals surface area contributed by atoms with Gasteiger partial charge in [-0.1, -0.05) is 174 Å². The van der Waals surface area contributed by atoms with Gasteiger partial charge < -0.3 is 9.13 Å². The molecule has 0 radical (unpaired) electrons. The van der Waals surface area contributed by atoms with Crippen molar-refractivity contribution in [3.8, 4) is 91.1 Å². The summed E-state index contributed by atoms with van der Waals surface area (Å²) in [6.45, 7) is 35.3. The van der Waals surface area contributed by atoms with Gasteiger partial charge in [0, 0.05) is 49.4 Å². The van der Waals surface area contributed by atoms with Crippen molar-refractivity contribution in [1.82, 2.24) is 24.1 Å². The summed E-state index contributed by atoms with van der Waals surface area (Å²) in [4.78, 5) is 20.1. The number of hydrogen-bond acceptors (Lipinski definition) is 5. The van der Waals surface area contributed by atoms with Gasteiger partial charge in [0.1, 0.15) is 0 Å². The molecular formula is C82H70N8. The molecule has 0 bridgehead atoms. The summed E-state index contributed by atoms with van der Waals surface area (Å²) in [5, 5.41) is 24.7. The summed E-state index contributed by atoms with van der Waals surface area (Å²) in [6, 6.07) is 76.6. The average Bonchev–Trinajstić information content (AvgIpc) is 1.57. The maximum absolute atomic E-state index is 10.4. The van der Waals surface area contributed by atoms with Crippen LogP contribution in [0.25, 0.3) is 127 Å². The molecule has 10 aromatic carbocycles. The Morgan fingerprint density at radius 2 is 0.678 bits per heavy atom. The predicted octanol–water partition coefficient (Wildman–Crippen LogP) is 21.6. The lowest BCUT2D eigenvalue weighted by atomic mass is 9.85. The molecule has 0 unspecified atom stereocenters. The van der Waals surface area contributed by atoms with E-state index in [4.69, 9.17) is 21.5 Å². The van der Waals surface area contributed by atoms with Crippen LogP contribution in [0.2, 0.25) is 0 Å². The minimum atomic E-state index is -0.0724. The summed E-state index contributed by atoms with van der Waals surface area (Å²) in [5.74, 6) is 1.42. The number of fused-ring (bicyclic) bond motifs is 6. The van der Waals surface area contributed by atoms with Crippen molar-refractivity contribution in [2.75, 3.05) is 0 Å². The van der Waals surface area contributed by atoms with Gasteiger partial charge in [0.15, 0.2) is 23.2 Å². The average molecular weight is 1170 g/mol. The molecule has 8 nitrogen and oxygen atoms in total. The van der Waals surface area contributed by atoms with E-state index >= 15 is 0 Å². The standard InChI is InChI=1S/C82H70N8/c1-79(2,3)59-30-36-72-66(44-59)67-45-60(80(4,5)6)31-37-73(67)89(72)70-34-28-57(42-64(70)55-17-14-16-51(40-55)49-84)77-86-76(54-26-24-53(25-27-54)52-22-20-50(48-83)21-23-52)87-78(88-77)58-29-35-71(65(43-58)56-18-15-19-63(41-56)85-13)90-74-38-32-61(81(7,8)9)46-68(74)69-47-62(82(10,11)12)33-39-75(69)90/h14-47H,1-12H3. The lowest BCUT2D eigenvalue weighted by Gasteiger charge is -2.20. The summed E-state index contributed by atoms with van der Waals surface area (Å²) < 4.78 is 4.75. The first-order chi connectivity index (χ1) is 42.9. The molecule has 3 aromatic heterocycles. The highest BCUT2D eigenvalue weighted by molar-refractivity contribution is 6.12. The Morgan fingerprint density at radius 1 is 0.333 bits per heavy atom. The minimum Gasteiger partial charge on any atom is -0.309 e. The lowest BCUT2D eigenvalue weighted by Crippen LogP contribution is -2.10. The fraction of sp³-hybridized carbons (Fsp3) is 0.195. The molecule has 0 saturated heterocycles. The Kier molecular flexibility index (Phi) is 14.2. The van der Waals surface area contributed by atoms with Gasteiger partial charge in [-0.05, 0) is 181 Å². The molecule has 0 aliphatic heterocycles. The zero-order valence-corrected chi connectivity index (χ0v) is 53.2. The third-order valence-electron chi connectivity index (χ3n) is 17.7. The van der Waals surface area contributed by atoms with Gasteiger partial charge in [0.05, 0.1) is 63.3 Å². The van der Waals surface area contributed by atoms with Crippen molar-refractivity contribution in [2.45, 2.75) is 105 Å². The van der Waals surface area contributed by atoms with Crippen LogP contribution in [-0.2, 0) is 21.7 Å². The molecule has 0 atom stereocenters. The van der Waals surface area contributed by atoms with Crippen LogP contribution >= 0.6 is 0 Å². The van der Waals surface area contributed by atoms with Gasteiger partial charge in [-0.2, -0.15) is 10.5 Å². The summed E-state index contributed by atoms with van der Waals surface area (Å²) in [6.07, 6.45) is 0. The Labute approximate surface area is 527 Å². The van der Waals surface area contributed by atoms with Crippen LogP contribution in [0.1, 0.15) is 116 Å². The van der Waals surface area contributed by atoms with E-state index in [-0.39, 0.29) is 21.7 Å². The van der Waals surface area contributed by atoms with Crippen molar-refractivity contribution in [1.29, 1.82) is 10.5 Å².